The Morgan fingerprint density at radius 2 is 0.913 bits per heavy atom. The van der Waals surface area contributed by atoms with Crippen LogP contribution in [0.15, 0.2) is 140 Å². The summed E-state index contributed by atoms with van der Waals surface area (Å²) in [6, 6.07) is 28.5. The molecule has 0 aliphatic heterocycles. The lowest BCUT2D eigenvalue weighted by Crippen LogP contribution is -1.96. The third-order valence-corrected chi connectivity index (χ3v) is 6.35. The lowest BCUT2D eigenvalue weighted by Gasteiger charge is -2.02. The third kappa shape index (κ3) is 7.76. The molecular weight excluding hydrogens is 588 g/mol. The predicted molar refractivity (Wildman–Crippen MR) is 172 cm³/mol. The minimum absolute atomic E-state index is 0.0605. The Balaban J connectivity index is 1.31. The molecule has 0 radical (unpaired) electrons. The normalized spacial score (nSPS) is 11.7. The number of azo groups is 2. The van der Waals surface area contributed by atoms with E-state index in [2.05, 4.69) is 30.4 Å². The fourth-order valence-electron chi connectivity index (χ4n) is 4.06. The molecule has 0 bridgehead atoms. The highest BCUT2D eigenvalue weighted by molar-refractivity contribution is 5.96. The number of carboxylic acids is 2. The Morgan fingerprint density at radius 1 is 0.478 bits per heavy atom. The van der Waals surface area contributed by atoms with Crippen molar-refractivity contribution in [3.05, 3.63) is 131 Å². The van der Waals surface area contributed by atoms with Crippen LogP contribution in [-0.4, -0.2) is 44.8 Å². The van der Waals surface area contributed by atoms with Crippen LogP contribution in [0, 0.1) is 0 Å². The maximum atomic E-state index is 11.4. The second-order valence-corrected chi connectivity index (χ2v) is 9.58. The number of rotatable bonds is 10. The molecule has 0 aliphatic carbocycles. The Morgan fingerprint density at radius 3 is 1.35 bits per heavy atom. The zero-order valence-corrected chi connectivity index (χ0v) is 23.8. The molecule has 0 spiro atoms. The van der Waals surface area contributed by atoms with E-state index in [1.54, 1.807) is 84.9 Å². The quantitative estimate of drug-likeness (QED) is 0.0899. The van der Waals surface area contributed by atoms with Gasteiger partial charge in [0, 0.05) is 12.4 Å². The minimum atomic E-state index is -1.09. The number of hydrogen-bond acceptors (Lipinski definition) is 10. The topological polar surface area (TPSA) is 189 Å². The Kier molecular flexibility index (Phi) is 9.39. The lowest BCUT2D eigenvalue weighted by molar-refractivity contribution is 0.0687. The first-order valence-corrected chi connectivity index (χ1v) is 13.6. The Labute approximate surface area is 261 Å². The number of nitrogens with zero attached hydrogens (tertiary/aromatic N) is 6. The summed E-state index contributed by atoms with van der Waals surface area (Å²) in [7, 11) is 0. The van der Waals surface area contributed by atoms with Crippen molar-refractivity contribution in [1.82, 2.24) is 0 Å². The van der Waals surface area contributed by atoms with E-state index in [4.69, 9.17) is 0 Å². The van der Waals surface area contributed by atoms with Gasteiger partial charge in [0.25, 0.3) is 0 Å². The van der Waals surface area contributed by atoms with Crippen molar-refractivity contribution in [2.45, 2.75) is 0 Å². The molecule has 0 saturated heterocycles. The van der Waals surface area contributed by atoms with Crippen LogP contribution in [0.25, 0.3) is 0 Å². The van der Waals surface area contributed by atoms with Crippen LogP contribution < -0.4 is 0 Å². The molecule has 0 atom stereocenters. The second-order valence-electron chi connectivity index (χ2n) is 9.58. The molecule has 4 N–H and O–H groups in total. The molecule has 5 aromatic carbocycles. The first-order valence-electron chi connectivity index (χ1n) is 13.6. The van der Waals surface area contributed by atoms with Gasteiger partial charge in [-0.25, -0.2) is 9.59 Å². The molecule has 46 heavy (non-hydrogen) atoms. The number of aromatic hydroxyl groups is 2. The zero-order chi connectivity index (χ0) is 32.5. The van der Waals surface area contributed by atoms with Crippen LogP contribution in [0.3, 0.4) is 0 Å². The van der Waals surface area contributed by atoms with Crippen molar-refractivity contribution < 1.29 is 30.0 Å². The minimum Gasteiger partial charge on any atom is -0.506 e. The van der Waals surface area contributed by atoms with Gasteiger partial charge in [-0.2, -0.15) is 10.2 Å². The van der Waals surface area contributed by atoms with Gasteiger partial charge >= 0.3 is 11.9 Å². The van der Waals surface area contributed by atoms with E-state index in [0.717, 1.165) is 0 Å². The Hall–Kier alpha value is -6.82. The summed E-state index contributed by atoms with van der Waals surface area (Å²) >= 11 is 0. The summed E-state index contributed by atoms with van der Waals surface area (Å²) in [6.45, 7) is 0. The average molecular weight is 613 g/mol. The highest BCUT2D eigenvalue weighted by atomic mass is 16.4. The number of hydrogen-bond donors (Lipinski definition) is 4. The highest BCUT2D eigenvalue weighted by Crippen LogP contribution is 2.32. The average Bonchev–Trinajstić information content (AvgIpc) is 3.06. The number of aliphatic imine (C=N–C) groups is 2. The summed E-state index contributed by atoms with van der Waals surface area (Å²) in [4.78, 5) is 31.4. The van der Waals surface area contributed by atoms with Crippen LogP contribution in [0.4, 0.5) is 34.1 Å². The third-order valence-electron chi connectivity index (χ3n) is 6.35. The van der Waals surface area contributed by atoms with Gasteiger partial charge in [0.05, 0.1) is 33.9 Å². The summed E-state index contributed by atoms with van der Waals surface area (Å²) < 4.78 is 0. The van der Waals surface area contributed by atoms with Gasteiger partial charge in [0.15, 0.2) is 0 Å². The van der Waals surface area contributed by atoms with Crippen molar-refractivity contribution in [2.75, 3.05) is 0 Å². The van der Waals surface area contributed by atoms with E-state index >= 15 is 0 Å². The lowest BCUT2D eigenvalue weighted by atomic mass is 10.1. The Bertz CT molecular complexity index is 1910. The maximum absolute atomic E-state index is 11.4. The summed E-state index contributed by atoms with van der Waals surface area (Å²) in [5.74, 6) is -2.42. The van der Waals surface area contributed by atoms with E-state index in [9.17, 15) is 30.0 Å². The van der Waals surface area contributed by atoms with E-state index in [1.807, 2.05) is 0 Å². The van der Waals surface area contributed by atoms with Gasteiger partial charge in [-0.05, 0) is 90.0 Å². The monoisotopic (exact) mass is 612 g/mol. The van der Waals surface area contributed by atoms with Crippen LogP contribution in [0.2, 0.25) is 0 Å². The molecule has 0 fully saturated rings. The standard InChI is InChI=1S/C34H24N6O6/c41-31-14-12-21(19-35-27-10-3-1-8-25(27)33(43)44)16-29(31)39-37-23-6-5-7-24(18-23)38-40-30-17-22(13-15-32(30)42)20-36-28-11-4-2-9-26(28)34(45)46/h1-20,41-42H,(H,43,44)(H,45,46). The summed E-state index contributed by atoms with van der Waals surface area (Å²) in [6.07, 6.45) is 2.93. The van der Waals surface area contributed by atoms with E-state index in [-0.39, 0.29) is 45.4 Å². The first kappa shape index (κ1) is 30.6. The van der Waals surface area contributed by atoms with Gasteiger partial charge in [-0.15, -0.1) is 10.2 Å². The second kappa shape index (κ2) is 14.1. The van der Waals surface area contributed by atoms with Crippen molar-refractivity contribution in [3.63, 3.8) is 0 Å². The largest absolute Gasteiger partial charge is 0.506 e. The number of benzene rings is 5. The number of aromatic carboxylic acids is 2. The van der Waals surface area contributed by atoms with Gasteiger partial charge in [0.1, 0.15) is 22.9 Å². The number of phenolic OH excluding ortho intramolecular Hbond substituents is 2. The first-order chi connectivity index (χ1) is 22.3. The fraction of sp³-hybridized carbons (Fsp3) is 0. The van der Waals surface area contributed by atoms with Gasteiger partial charge in [-0.3, -0.25) is 9.98 Å². The summed E-state index contributed by atoms with van der Waals surface area (Å²) in [5.41, 5.74) is 2.96. The smallest absolute Gasteiger partial charge is 0.337 e. The molecule has 0 aromatic heterocycles. The number of carboxylic acid groups (broad SMARTS) is 2. The van der Waals surface area contributed by atoms with E-state index in [0.29, 0.717) is 22.5 Å². The SMILES string of the molecule is O=C(O)c1ccccc1N=Cc1ccc(O)c(N=Nc2cccc(N=Nc3cc(C=Nc4ccccc4C(=O)O)ccc3O)c2)c1. The molecule has 0 saturated carbocycles. The molecule has 0 aliphatic rings. The number of carbonyl (C=O) groups is 2. The molecular formula is C34H24N6O6. The van der Waals surface area contributed by atoms with Gasteiger partial charge < -0.3 is 20.4 Å². The van der Waals surface area contributed by atoms with Crippen molar-refractivity contribution in [3.8, 4) is 11.5 Å². The van der Waals surface area contributed by atoms with E-state index in [1.165, 1.54) is 36.7 Å². The van der Waals surface area contributed by atoms with Crippen molar-refractivity contribution in [2.24, 2.45) is 30.4 Å². The molecule has 12 nitrogen and oxygen atoms in total. The van der Waals surface area contributed by atoms with Crippen LogP contribution in [-0.2, 0) is 0 Å². The van der Waals surface area contributed by atoms with Gasteiger partial charge in [0.2, 0.25) is 0 Å². The van der Waals surface area contributed by atoms with E-state index < -0.39 is 11.9 Å². The maximum Gasteiger partial charge on any atom is 0.337 e. The molecule has 0 unspecified atom stereocenters. The molecule has 5 rings (SSSR count). The number of para-hydroxylation sites is 2. The van der Waals surface area contributed by atoms with Crippen LogP contribution in [0.5, 0.6) is 11.5 Å². The molecule has 5 aromatic rings. The fourth-order valence-corrected chi connectivity index (χ4v) is 4.06. The molecule has 226 valence electrons. The van der Waals surface area contributed by atoms with Crippen molar-refractivity contribution in [1.29, 1.82) is 0 Å². The van der Waals surface area contributed by atoms with Gasteiger partial charge in [-0.1, -0.05) is 30.3 Å². The zero-order valence-electron chi connectivity index (χ0n) is 23.8. The predicted octanol–water partition coefficient (Wildman–Crippen LogP) is 8.83. The van der Waals surface area contributed by atoms with Crippen molar-refractivity contribution >= 4 is 58.5 Å². The molecule has 0 heterocycles. The molecule has 12 heteroatoms. The van der Waals surface area contributed by atoms with Crippen LogP contribution in [0.1, 0.15) is 31.8 Å². The number of phenols is 2. The highest BCUT2D eigenvalue weighted by Gasteiger charge is 2.09. The summed E-state index contributed by atoms with van der Waals surface area (Å²) in [5, 5.41) is 56.0. The van der Waals surface area contributed by atoms with Crippen LogP contribution >= 0.6 is 0 Å². The molecule has 0 amide bonds.